The van der Waals surface area contributed by atoms with Crippen LogP contribution in [0, 0.1) is 0 Å². The van der Waals surface area contributed by atoms with Gasteiger partial charge in [-0.05, 0) is 32.0 Å². The van der Waals surface area contributed by atoms with Crippen LogP contribution in [0.15, 0.2) is 24.8 Å². The van der Waals surface area contributed by atoms with Crippen molar-refractivity contribution in [1.82, 2.24) is 34.7 Å². The molecule has 1 fully saturated rings. The van der Waals surface area contributed by atoms with E-state index in [9.17, 15) is 0 Å². The summed E-state index contributed by atoms with van der Waals surface area (Å²) in [5.41, 5.74) is 3.11. The molecule has 25 heavy (non-hydrogen) atoms. The van der Waals surface area contributed by atoms with Crippen molar-refractivity contribution in [2.45, 2.75) is 25.3 Å². The zero-order valence-corrected chi connectivity index (χ0v) is 14.8. The van der Waals surface area contributed by atoms with Gasteiger partial charge in [0.1, 0.15) is 17.5 Å². The van der Waals surface area contributed by atoms with E-state index in [0.717, 1.165) is 59.6 Å². The van der Waals surface area contributed by atoms with Gasteiger partial charge in [0, 0.05) is 40.0 Å². The highest BCUT2D eigenvalue weighted by atomic mass is 32.1. The molecular weight excluding hydrogens is 333 g/mol. The lowest BCUT2D eigenvalue weighted by Gasteiger charge is -2.30. The largest absolute Gasteiger partial charge is 0.346 e. The molecule has 4 aromatic heterocycles. The molecule has 4 aromatic rings. The van der Waals surface area contributed by atoms with Crippen molar-refractivity contribution in [2.75, 3.05) is 13.1 Å². The number of nitrogens with one attached hydrogen (secondary N) is 1. The van der Waals surface area contributed by atoms with Gasteiger partial charge < -0.3 is 4.98 Å². The van der Waals surface area contributed by atoms with Crippen LogP contribution in [0.5, 0.6) is 0 Å². The molecule has 5 rings (SSSR count). The second-order valence-electron chi connectivity index (χ2n) is 6.65. The van der Waals surface area contributed by atoms with Crippen molar-refractivity contribution in [3.63, 3.8) is 0 Å². The molecule has 0 aromatic carbocycles. The molecule has 1 N–H and O–H groups in total. The van der Waals surface area contributed by atoms with Crippen LogP contribution in [-0.4, -0.2) is 55.6 Å². The molecule has 0 unspecified atom stereocenters. The molecule has 5 heterocycles. The number of likely N-dealkylation sites (tertiary alicyclic amines) is 1. The van der Waals surface area contributed by atoms with Gasteiger partial charge in [-0.3, -0.25) is 9.88 Å². The number of nitrogens with zero attached hydrogens (tertiary/aromatic N) is 6. The highest BCUT2D eigenvalue weighted by Gasteiger charge is 2.26. The Morgan fingerprint density at radius 1 is 1.28 bits per heavy atom. The van der Waals surface area contributed by atoms with Crippen molar-refractivity contribution in [1.29, 1.82) is 0 Å². The predicted octanol–water partition coefficient (Wildman–Crippen LogP) is 0.700. The van der Waals surface area contributed by atoms with Crippen LogP contribution < -0.4 is 4.91 Å². The van der Waals surface area contributed by atoms with Gasteiger partial charge in [-0.15, -0.1) is 16.4 Å². The molecule has 126 valence electrons. The Morgan fingerprint density at radius 2 is 2.16 bits per heavy atom. The third-order valence-corrected chi connectivity index (χ3v) is 5.92. The standard InChI is InChI=1S/C16H18BN7S/c17-16-19-7-11(25-16)8-23-5-2-10(3-6-23)13-14-12-1-4-18-15(12)20-9-24(14)22-21-13/h1,4,7,9-10,18H,2-3,5-6,8,17H2. The topological polar surface area (TPSA) is 75.0 Å². The third kappa shape index (κ3) is 2.63. The minimum atomic E-state index is 0.456. The summed E-state index contributed by atoms with van der Waals surface area (Å²) < 4.78 is 1.80. The van der Waals surface area contributed by atoms with E-state index < -0.39 is 0 Å². The van der Waals surface area contributed by atoms with Crippen molar-refractivity contribution < 1.29 is 0 Å². The molecule has 0 aliphatic carbocycles. The molecule has 7 nitrogen and oxygen atoms in total. The summed E-state index contributed by atoms with van der Waals surface area (Å²) >= 11 is 1.80. The van der Waals surface area contributed by atoms with Crippen molar-refractivity contribution in [3.05, 3.63) is 35.4 Å². The zero-order valence-electron chi connectivity index (χ0n) is 14.0. The van der Waals surface area contributed by atoms with Gasteiger partial charge in [-0.1, -0.05) is 5.21 Å². The normalized spacial score (nSPS) is 17.0. The first-order chi connectivity index (χ1) is 12.3. The van der Waals surface area contributed by atoms with Crippen LogP contribution in [-0.2, 0) is 6.54 Å². The molecule has 0 bridgehead atoms. The molecule has 0 atom stereocenters. The Morgan fingerprint density at radius 3 is 2.96 bits per heavy atom. The summed E-state index contributed by atoms with van der Waals surface area (Å²) in [6, 6.07) is 2.06. The molecule has 0 spiro atoms. The average Bonchev–Trinajstić information content (AvgIpc) is 3.34. The van der Waals surface area contributed by atoms with Crippen molar-refractivity contribution >= 4 is 40.6 Å². The van der Waals surface area contributed by atoms with E-state index in [1.54, 1.807) is 22.2 Å². The van der Waals surface area contributed by atoms with E-state index in [1.807, 2.05) is 12.4 Å². The quantitative estimate of drug-likeness (QED) is 0.550. The molecular formula is C16H18BN7S. The van der Waals surface area contributed by atoms with Gasteiger partial charge in [-0.25, -0.2) is 9.50 Å². The summed E-state index contributed by atoms with van der Waals surface area (Å²) in [6.45, 7) is 3.18. The first kappa shape index (κ1) is 15.0. The molecule has 0 amide bonds. The molecule has 1 aliphatic heterocycles. The summed E-state index contributed by atoms with van der Waals surface area (Å²) in [4.78, 5) is 16.9. The number of rotatable bonds is 3. The maximum atomic E-state index is 4.49. The van der Waals surface area contributed by atoms with E-state index in [0.29, 0.717) is 5.92 Å². The number of aromatic nitrogens is 6. The molecule has 0 saturated carbocycles. The van der Waals surface area contributed by atoms with E-state index >= 15 is 0 Å². The number of aromatic amines is 1. The van der Waals surface area contributed by atoms with Gasteiger partial charge in [0.05, 0.1) is 5.69 Å². The Hall–Kier alpha value is -2.26. The molecule has 0 radical (unpaired) electrons. The number of hydrogen-bond donors (Lipinski definition) is 1. The molecule has 1 aliphatic rings. The number of thiazole rings is 1. The van der Waals surface area contributed by atoms with E-state index in [1.165, 1.54) is 4.88 Å². The molecule has 1 saturated heterocycles. The van der Waals surface area contributed by atoms with Gasteiger partial charge >= 0.3 is 0 Å². The monoisotopic (exact) mass is 351 g/mol. The predicted molar refractivity (Wildman–Crippen MR) is 100 cm³/mol. The number of fused-ring (bicyclic) bond motifs is 3. The third-order valence-electron chi connectivity index (χ3n) is 5.02. The Kier molecular flexibility index (Phi) is 3.56. The number of piperidine rings is 1. The van der Waals surface area contributed by atoms with Crippen LogP contribution in [0.3, 0.4) is 0 Å². The minimum Gasteiger partial charge on any atom is -0.346 e. The summed E-state index contributed by atoms with van der Waals surface area (Å²) in [6.07, 6.45) is 7.90. The highest BCUT2D eigenvalue weighted by molar-refractivity contribution is 7.19. The van der Waals surface area contributed by atoms with Crippen molar-refractivity contribution in [3.8, 4) is 0 Å². The second kappa shape index (κ2) is 5.92. The average molecular weight is 351 g/mol. The lowest BCUT2D eigenvalue weighted by molar-refractivity contribution is 0.205. The smallest absolute Gasteiger partial charge is 0.177 e. The SMILES string of the molecule is Bc1ncc(CN2CCC(c3nnn4cnc5[nH]ccc5c34)CC2)s1. The van der Waals surface area contributed by atoms with Crippen LogP contribution in [0.1, 0.15) is 29.3 Å². The number of hydrogen-bond acceptors (Lipinski definition) is 6. The van der Waals surface area contributed by atoms with Crippen LogP contribution >= 0.6 is 11.3 Å². The Bertz CT molecular complexity index is 1030. The van der Waals surface area contributed by atoms with Crippen LogP contribution in [0.25, 0.3) is 16.6 Å². The summed E-state index contributed by atoms with van der Waals surface area (Å²) in [5, 5.41) is 9.88. The first-order valence-corrected chi connectivity index (χ1v) is 9.40. The highest BCUT2D eigenvalue weighted by Crippen LogP contribution is 2.32. The van der Waals surface area contributed by atoms with Gasteiger partial charge in [-0.2, -0.15) is 0 Å². The summed E-state index contributed by atoms with van der Waals surface area (Å²) in [7, 11) is 2.06. The lowest BCUT2D eigenvalue weighted by Crippen LogP contribution is -2.32. The fourth-order valence-corrected chi connectivity index (χ4v) is 4.59. The lowest BCUT2D eigenvalue weighted by atomic mass is 9.92. The maximum Gasteiger partial charge on any atom is 0.177 e. The molecule has 9 heteroatoms. The van der Waals surface area contributed by atoms with Crippen LogP contribution in [0.2, 0.25) is 0 Å². The Balaban J connectivity index is 1.37. The fourth-order valence-electron chi connectivity index (χ4n) is 3.76. The van der Waals surface area contributed by atoms with E-state index in [-0.39, 0.29) is 0 Å². The first-order valence-electron chi connectivity index (χ1n) is 8.58. The van der Waals surface area contributed by atoms with Crippen molar-refractivity contribution in [2.24, 2.45) is 0 Å². The number of H-pyrrole nitrogens is 1. The second-order valence-corrected chi connectivity index (χ2v) is 7.97. The summed E-state index contributed by atoms with van der Waals surface area (Å²) in [5.74, 6) is 0.456. The Labute approximate surface area is 149 Å². The van der Waals surface area contributed by atoms with E-state index in [2.05, 4.69) is 44.1 Å². The van der Waals surface area contributed by atoms with Gasteiger partial charge in [0.2, 0.25) is 0 Å². The van der Waals surface area contributed by atoms with Crippen LogP contribution in [0.4, 0.5) is 0 Å². The van der Waals surface area contributed by atoms with Gasteiger partial charge in [0.15, 0.2) is 7.85 Å². The fraction of sp³-hybridized carbons (Fsp3) is 0.375. The van der Waals surface area contributed by atoms with E-state index in [4.69, 9.17) is 0 Å². The zero-order chi connectivity index (χ0) is 16.8. The maximum absolute atomic E-state index is 4.49. The van der Waals surface area contributed by atoms with Gasteiger partial charge in [0.25, 0.3) is 0 Å². The minimum absolute atomic E-state index is 0.456.